The molecule has 0 amide bonds. The Morgan fingerprint density at radius 1 is 0.692 bits per heavy atom. The Balaban J connectivity index is 1.73. The van der Waals surface area contributed by atoms with Crippen molar-refractivity contribution in [1.82, 2.24) is 0 Å². The molecule has 202 valence electrons. The summed E-state index contributed by atoms with van der Waals surface area (Å²) in [6.07, 6.45) is -2.55. The molecule has 0 fully saturated rings. The zero-order valence-corrected chi connectivity index (χ0v) is 18.5. The van der Waals surface area contributed by atoms with Crippen LogP contribution in [-0.2, 0) is 10.2 Å². The fourth-order valence-electron chi connectivity index (χ4n) is 4.29. The van der Waals surface area contributed by atoms with Gasteiger partial charge in [0, 0.05) is 11.6 Å². The van der Waals surface area contributed by atoms with Crippen LogP contribution in [0.4, 0.5) is 52.7 Å². The molecule has 5 rings (SSSR count). The number of rotatable bonds is 5. The summed E-state index contributed by atoms with van der Waals surface area (Å²) in [6.45, 7) is 0. The molecule has 0 heterocycles. The average Bonchev–Trinajstić information content (AvgIpc) is 3.26. The van der Waals surface area contributed by atoms with E-state index in [4.69, 9.17) is 9.31 Å². The van der Waals surface area contributed by atoms with Crippen LogP contribution in [0.2, 0.25) is 0 Å². The van der Waals surface area contributed by atoms with Crippen LogP contribution < -0.4 is 4.65 Å². The van der Waals surface area contributed by atoms with Crippen molar-refractivity contribution in [3.8, 4) is 5.75 Å². The number of hydrogen-bond donors (Lipinski definition) is 0. The summed E-state index contributed by atoms with van der Waals surface area (Å²) in [5.74, 6) is -25.4. The normalized spacial score (nSPS) is 20.1. The molecule has 0 bridgehead atoms. The van der Waals surface area contributed by atoms with Crippen LogP contribution in [0.3, 0.4) is 0 Å². The van der Waals surface area contributed by atoms with E-state index in [1.165, 1.54) is 0 Å². The van der Waals surface area contributed by atoms with Crippen LogP contribution in [0, 0.1) is 40.7 Å². The van der Waals surface area contributed by atoms with Gasteiger partial charge in [0.2, 0.25) is 5.57 Å². The third kappa shape index (κ3) is 3.73. The molecule has 2 unspecified atom stereocenters. The number of fused-ring (bicyclic) bond motifs is 2. The Kier molecular flexibility index (Phi) is 6.24. The lowest BCUT2D eigenvalue weighted by molar-refractivity contribution is 0.124. The van der Waals surface area contributed by atoms with Crippen LogP contribution in [0.1, 0.15) is 28.4 Å². The Labute approximate surface area is 209 Å². The molecular weight excluding hydrogens is 559 g/mol. The Morgan fingerprint density at radius 2 is 1.36 bits per heavy atom. The molecule has 39 heavy (non-hydrogen) atoms. The van der Waals surface area contributed by atoms with Gasteiger partial charge in [-0.15, -0.1) is 0 Å². The van der Waals surface area contributed by atoms with Gasteiger partial charge in [0.1, 0.15) is 23.5 Å². The quantitative estimate of drug-likeness (QED) is 0.135. The predicted molar refractivity (Wildman–Crippen MR) is 110 cm³/mol. The van der Waals surface area contributed by atoms with E-state index < -0.39 is 111 Å². The zero-order chi connectivity index (χ0) is 28.5. The van der Waals surface area contributed by atoms with E-state index in [0.717, 1.165) is 12.1 Å². The highest BCUT2D eigenvalue weighted by molar-refractivity contribution is 6.51. The summed E-state index contributed by atoms with van der Waals surface area (Å²) < 4.78 is 184. The molecule has 2 nitrogen and oxygen atoms in total. The van der Waals surface area contributed by atoms with Crippen LogP contribution in [0.5, 0.6) is 5.75 Å². The topological polar surface area (TPSA) is 18.5 Å². The summed E-state index contributed by atoms with van der Waals surface area (Å²) in [5.41, 5.74) is -10.7. The highest BCUT2D eigenvalue weighted by Crippen LogP contribution is 2.55. The van der Waals surface area contributed by atoms with Crippen molar-refractivity contribution in [1.29, 1.82) is 0 Å². The Bertz CT molecular complexity index is 1620. The number of hydrogen-bond acceptors (Lipinski definition) is 2. The number of halogens is 12. The molecule has 0 spiro atoms. The van der Waals surface area contributed by atoms with E-state index in [-0.39, 0.29) is 6.07 Å². The molecule has 3 aromatic rings. The van der Waals surface area contributed by atoms with Gasteiger partial charge in [-0.3, -0.25) is 0 Å². The largest absolute Gasteiger partial charge is 0.579 e. The zero-order valence-electron chi connectivity index (χ0n) is 18.5. The summed E-state index contributed by atoms with van der Waals surface area (Å²) in [6, 6.07) is 3.53. The lowest BCUT2D eigenvalue weighted by Gasteiger charge is -2.29. The minimum Gasteiger partial charge on any atom is -0.531 e. The summed E-state index contributed by atoms with van der Waals surface area (Å²) in [5, 5.41) is 0. The third-order valence-corrected chi connectivity index (χ3v) is 6.06. The molecule has 2 aliphatic carbocycles. The van der Waals surface area contributed by atoms with Crippen molar-refractivity contribution in [2.24, 2.45) is 0 Å². The van der Waals surface area contributed by atoms with Gasteiger partial charge in [-0.05, 0) is 23.8 Å². The predicted octanol–water partition coefficient (Wildman–Crippen LogP) is 7.93. The number of allylic oxidation sites excluding steroid dienone is 1. The van der Waals surface area contributed by atoms with Gasteiger partial charge in [0.25, 0.3) is 0 Å². The third-order valence-electron chi connectivity index (χ3n) is 6.06. The van der Waals surface area contributed by atoms with Gasteiger partial charge >= 0.3 is 7.12 Å². The van der Waals surface area contributed by atoms with E-state index in [2.05, 4.69) is 0 Å². The first-order valence-electron chi connectivity index (χ1n) is 10.5. The second kappa shape index (κ2) is 9.11. The number of benzene rings is 3. The second-order valence-electron chi connectivity index (χ2n) is 8.25. The van der Waals surface area contributed by atoms with Crippen molar-refractivity contribution in [3.63, 3.8) is 0 Å². The summed E-state index contributed by atoms with van der Waals surface area (Å²) >= 11 is 0. The average molecular weight is 566 g/mol. The molecule has 0 N–H and O–H groups in total. The van der Waals surface area contributed by atoms with Gasteiger partial charge in [0.05, 0.1) is 11.1 Å². The van der Waals surface area contributed by atoms with E-state index in [1.807, 2.05) is 0 Å². The fourth-order valence-corrected chi connectivity index (χ4v) is 4.29. The van der Waals surface area contributed by atoms with Crippen molar-refractivity contribution < 1.29 is 62.0 Å². The molecule has 0 aliphatic heterocycles. The fraction of sp³-hybridized carbons (Fsp3) is 0.0833. The van der Waals surface area contributed by atoms with E-state index in [9.17, 15) is 43.9 Å². The van der Waals surface area contributed by atoms with E-state index in [0.29, 0.717) is 18.2 Å². The smallest absolute Gasteiger partial charge is 0.531 e. The highest BCUT2D eigenvalue weighted by Gasteiger charge is 2.65. The second-order valence-corrected chi connectivity index (χ2v) is 8.25. The molecule has 0 saturated heterocycles. The molecule has 2 aliphatic rings. The maximum absolute atomic E-state index is 16.5. The van der Waals surface area contributed by atoms with Crippen molar-refractivity contribution >= 4 is 18.8 Å². The van der Waals surface area contributed by atoms with Gasteiger partial charge in [-0.2, -0.15) is 0 Å². The maximum Gasteiger partial charge on any atom is 0.579 e. The van der Waals surface area contributed by atoms with Gasteiger partial charge < -0.3 is 9.31 Å². The van der Waals surface area contributed by atoms with Crippen LogP contribution >= 0.6 is 0 Å². The Hall–Kier alpha value is -3.88. The van der Waals surface area contributed by atoms with Crippen LogP contribution in [0.25, 0.3) is 11.7 Å². The molecular formula is C24H7BF12O2. The molecule has 0 radical (unpaired) electrons. The lowest BCUT2D eigenvalue weighted by Crippen LogP contribution is -2.48. The first-order valence-corrected chi connectivity index (χ1v) is 10.5. The van der Waals surface area contributed by atoms with E-state index in [1.54, 1.807) is 0 Å². The molecule has 0 saturated carbocycles. The van der Waals surface area contributed by atoms with Gasteiger partial charge in [-0.25, -0.2) is 52.7 Å². The van der Waals surface area contributed by atoms with Crippen LogP contribution in [-0.4, -0.2) is 7.12 Å². The summed E-state index contributed by atoms with van der Waals surface area (Å²) in [7, 11) is -3.39. The molecule has 0 aromatic heterocycles. The molecule has 3 aromatic carbocycles. The van der Waals surface area contributed by atoms with Crippen LogP contribution in [0.15, 0.2) is 48.1 Å². The van der Waals surface area contributed by atoms with Gasteiger partial charge in [-0.1, -0.05) is 12.1 Å². The lowest BCUT2D eigenvalue weighted by atomic mass is 9.64. The summed E-state index contributed by atoms with van der Waals surface area (Å²) in [4.78, 5) is 0. The van der Waals surface area contributed by atoms with E-state index >= 15 is 8.78 Å². The number of alkyl halides is 1. The minimum absolute atomic E-state index is 0.141. The SMILES string of the molecule is FC1=C(F)C(OB(Oc2ccc(F)cc2F)C2(F)C(F)=C(F)c3c(F)c(F)c(F)c(F)c32)c2cccc(F)c21. The first kappa shape index (κ1) is 26.7. The maximum atomic E-state index is 16.5. The standard InChI is InChI=1S/C24H7BF12O2/c26-7-4-5-11(10(28)6-7)38-25(39-22-8-2-1-3-9(27)12(8)15(29)21(22)35)24(37)14-13(17(31)23(24)36)16(30)19(33)20(34)18(14)32/h1-6,22H. The first-order chi connectivity index (χ1) is 18.3. The van der Waals surface area contributed by atoms with Crippen molar-refractivity contribution in [3.05, 3.63) is 111 Å². The molecule has 2 atom stereocenters. The Morgan fingerprint density at radius 3 is 2.03 bits per heavy atom. The highest BCUT2D eigenvalue weighted by atomic mass is 19.2. The van der Waals surface area contributed by atoms with Crippen molar-refractivity contribution in [2.75, 3.05) is 0 Å². The monoisotopic (exact) mass is 566 g/mol. The molecule has 15 heteroatoms. The van der Waals surface area contributed by atoms with Gasteiger partial charge in [0.15, 0.2) is 52.4 Å². The minimum atomic E-state index is -4.66. The van der Waals surface area contributed by atoms with Crippen molar-refractivity contribution in [2.45, 2.75) is 11.7 Å².